The number of carbonyl (C=O) groups excluding carboxylic acids is 1. The lowest BCUT2D eigenvalue weighted by Crippen LogP contribution is -2.49. The number of rotatable bonds is 4. The Balaban J connectivity index is 1.93. The molecule has 0 saturated carbocycles. The minimum atomic E-state index is 0.0916. The van der Waals surface area contributed by atoms with Crippen LogP contribution in [0.3, 0.4) is 0 Å². The zero-order valence-electron chi connectivity index (χ0n) is 12.2. The molecule has 20 heavy (non-hydrogen) atoms. The number of piperazine rings is 1. The van der Waals surface area contributed by atoms with Crippen molar-refractivity contribution in [2.24, 2.45) is 0 Å². The van der Waals surface area contributed by atoms with Gasteiger partial charge in [0.2, 0.25) is 5.91 Å². The topological polar surface area (TPSA) is 55.8 Å². The summed E-state index contributed by atoms with van der Waals surface area (Å²) in [5, 5.41) is 12.8. The first-order chi connectivity index (χ1) is 9.58. The van der Waals surface area contributed by atoms with Crippen molar-refractivity contribution in [1.29, 1.82) is 0 Å². The average molecular weight is 277 g/mol. The molecule has 1 aliphatic rings. The highest BCUT2D eigenvalue weighted by Gasteiger charge is 2.20. The Bertz CT molecular complexity index is 458. The normalized spacial score (nSPS) is 17.2. The van der Waals surface area contributed by atoms with Gasteiger partial charge < -0.3 is 15.3 Å². The number of phenolic OH excluding ortho intramolecular Hbond substituents is 1. The Morgan fingerprint density at radius 3 is 2.80 bits per heavy atom. The lowest BCUT2D eigenvalue weighted by Gasteiger charge is -2.31. The first-order valence-corrected chi connectivity index (χ1v) is 7.05. The second-order valence-electron chi connectivity index (χ2n) is 5.32. The monoisotopic (exact) mass is 277 g/mol. The van der Waals surface area contributed by atoms with Gasteiger partial charge in [-0.15, -0.1) is 0 Å². The van der Waals surface area contributed by atoms with E-state index < -0.39 is 0 Å². The summed E-state index contributed by atoms with van der Waals surface area (Å²) in [5.41, 5.74) is 1.01. The third-order valence-electron chi connectivity index (χ3n) is 3.87. The molecule has 5 nitrogen and oxygen atoms in total. The lowest BCUT2D eigenvalue weighted by atomic mass is 10.1. The minimum Gasteiger partial charge on any atom is -0.508 e. The maximum atomic E-state index is 12.2. The van der Waals surface area contributed by atoms with Gasteiger partial charge in [0.25, 0.3) is 0 Å². The van der Waals surface area contributed by atoms with Crippen LogP contribution >= 0.6 is 0 Å². The molecule has 1 heterocycles. The van der Waals surface area contributed by atoms with Gasteiger partial charge in [-0.1, -0.05) is 12.1 Å². The summed E-state index contributed by atoms with van der Waals surface area (Å²) in [6, 6.07) is 7.29. The van der Waals surface area contributed by atoms with Crippen LogP contribution in [-0.4, -0.2) is 60.6 Å². The van der Waals surface area contributed by atoms with E-state index in [-0.39, 0.29) is 17.7 Å². The molecule has 1 saturated heterocycles. The molecule has 0 bridgehead atoms. The third kappa shape index (κ3) is 3.71. The number of hydrogen-bond donors (Lipinski definition) is 2. The van der Waals surface area contributed by atoms with Crippen molar-refractivity contribution in [2.75, 3.05) is 39.8 Å². The molecule has 1 fully saturated rings. The SMILES string of the molecule is CC(c1cccc(O)c1)N(C)CC(=O)N1CCNCC1. The largest absolute Gasteiger partial charge is 0.508 e. The average Bonchev–Trinajstić information content (AvgIpc) is 2.47. The van der Waals surface area contributed by atoms with E-state index in [0.717, 1.165) is 31.7 Å². The number of aromatic hydroxyl groups is 1. The third-order valence-corrected chi connectivity index (χ3v) is 3.87. The van der Waals surface area contributed by atoms with Crippen molar-refractivity contribution < 1.29 is 9.90 Å². The number of carbonyl (C=O) groups is 1. The van der Waals surface area contributed by atoms with Crippen LogP contribution < -0.4 is 5.32 Å². The van der Waals surface area contributed by atoms with Gasteiger partial charge in [-0.25, -0.2) is 0 Å². The maximum absolute atomic E-state index is 12.2. The fraction of sp³-hybridized carbons (Fsp3) is 0.533. The molecular formula is C15H23N3O2. The van der Waals surface area contributed by atoms with Gasteiger partial charge in [0.05, 0.1) is 6.54 Å². The number of amides is 1. The summed E-state index contributed by atoms with van der Waals surface area (Å²) in [5.74, 6) is 0.428. The van der Waals surface area contributed by atoms with Crippen molar-refractivity contribution in [1.82, 2.24) is 15.1 Å². The predicted molar refractivity (Wildman–Crippen MR) is 78.6 cm³/mol. The van der Waals surface area contributed by atoms with Crippen LogP contribution in [0.5, 0.6) is 5.75 Å². The zero-order valence-corrected chi connectivity index (χ0v) is 12.2. The van der Waals surface area contributed by atoms with E-state index in [0.29, 0.717) is 6.54 Å². The van der Waals surface area contributed by atoms with Crippen molar-refractivity contribution in [3.05, 3.63) is 29.8 Å². The molecule has 1 atom stereocenters. The van der Waals surface area contributed by atoms with Gasteiger partial charge in [-0.2, -0.15) is 0 Å². The fourth-order valence-corrected chi connectivity index (χ4v) is 2.40. The smallest absolute Gasteiger partial charge is 0.236 e. The molecule has 0 aliphatic carbocycles. The quantitative estimate of drug-likeness (QED) is 0.855. The van der Waals surface area contributed by atoms with Crippen LogP contribution in [0.2, 0.25) is 0 Å². The Kier molecular flexibility index (Phi) is 4.98. The van der Waals surface area contributed by atoms with E-state index in [2.05, 4.69) is 5.32 Å². The number of nitrogens with zero attached hydrogens (tertiary/aromatic N) is 2. The molecular weight excluding hydrogens is 254 g/mol. The molecule has 0 spiro atoms. The Hall–Kier alpha value is -1.59. The van der Waals surface area contributed by atoms with E-state index in [4.69, 9.17) is 0 Å². The van der Waals surface area contributed by atoms with Crippen LogP contribution in [0.1, 0.15) is 18.5 Å². The van der Waals surface area contributed by atoms with Crippen LogP contribution in [0.4, 0.5) is 0 Å². The van der Waals surface area contributed by atoms with E-state index in [1.165, 1.54) is 0 Å². The van der Waals surface area contributed by atoms with Crippen LogP contribution in [-0.2, 0) is 4.79 Å². The Labute approximate surface area is 120 Å². The molecule has 1 amide bonds. The van der Waals surface area contributed by atoms with Gasteiger partial charge in [0.15, 0.2) is 0 Å². The number of hydrogen-bond acceptors (Lipinski definition) is 4. The van der Waals surface area contributed by atoms with E-state index in [1.54, 1.807) is 12.1 Å². The standard InChI is InChI=1S/C15H23N3O2/c1-12(13-4-3-5-14(19)10-13)17(2)11-15(20)18-8-6-16-7-9-18/h3-5,10,12,16,19H,6-9,11H2,1-2H3. The van der Waals surface area contributed by atoms with Gasteiger partial charge in [-0.3, -0.25) is 9.69 Å². The van der Waals surface area contributed by atoms with Gasteiger partial charge in [-0.05, 0) is 31.7 Å². The Morgan fingerprint density at radius 2 is 2.15 bits per heavy atom. The van der Waals surface area contributed by atoms with Crippen molar-refractivity contribution in [2.45, 2.75) is 13.0 Å². The molecule has 110 valence electrons. The van der Waals surface area contributed by atoms with Crippen molar-refractivity contribution in [3.63, 3.8) is 0 Å². The lowest BCUT2D eigenvalue weighted by molar-refractivity contribution is -0.133. The summed E-state index contributed by atoms with van der Waals surface area (Å²) in [6.07, 6.45) is 0. The molecule has 1 aromatic rings. The second kappa shape index (κ2) is 6.72. The number of phenols is 1. The predicted octanol–water partition coefficient (Wildman–Crippen LogP) is 0.817. The Morgan fingerprint density at radius 1 is 1.45 bits per heavy atom. The van der Waals surface area contributed by atoms with Crippen LogP contribution in [0, 0.1) is 0 Å². The summed E-state index contributed by atoms with van der Waals surface area (Å²) in [6.45, 7) is 5.76. The summed E-state index contributed by atoms with van der Waals surface area (Å²) < 4.78 is 0. The molecule has 0 aromatic heterocycles. The highest BCUT2D eigenvalue weighted by atomic mass is 16.3. The first kappa shape index (κ1) is 14.8. The molecule has 2 rings (SSSR count). The maximum Gasteiger partial charge on any atom is 0.236 e. The molecule has 1 aromatic carbocycles. The van der Waals surface area contributed by atoms with Crippen LogP contribution in [0.15, 0.2) is 24.3 Å². The number of nitrogens with one attached hydrogen (secondary N) is 1. The van der Waals surface area contributed by atoms with E-state index in [1.807, 2.05) is 35.9 Å². The second-order valence-corrected chi connectivity index (χ2v) is 5.32. The van der Waals surface area contributed by atoms with E-state index >= 15 is 0 Å². The first-order valence-electron chi connectivity index (χ1n) is 7.05. The van der Waals surface area contributed by atoms with Crippen LogP contribution in [0.25, 0.3) is 0 Å². The summed E-state index contributed by atoms with van der Waals surface area (Å²) >= 11 is 0. The zero-order chi connectivity index (χ0) is 14.5. The fourth-order valence-electron chi connectivity index (χ4n) is 2.40. The van der Waals surface area contributed by atoms with Gasteiger partial charge in [0, 0.05) is 32.2 Å². The molecule has 1 unspecified atom stereocenters. The molecule has 0 radical (unpaired) electrons. The summed E-state index contributed by atoms with van der Waals surface area (Å²) in [4.78, 5) is 16.1. The molecule has 5 heteroatoms. The summed E-state index contributed by atoms with van der Waals surface area (Å²) in [7, 11) is 1.94. The van der Waals surface area contributed by atoms with Gasteiger partial charge >= 0.3 is 0 Å². The van der Waals surface area contributed by atoms with Gasteiger partial charge in [0.1, 0.15) is 5.75 Å². The molecule has 2 N–H and O–H groups in total. The van der Waals surface area contributed by atoms with Crippen molar-refractivity contribution >= 4 is 5.91 Å². The minimum absolute atomic E-state index is 0.0916. The molecule has 1 aliphatic heterocycles. The van der Waals surface area contributed by atoms with Crippen molar-refractivity contribution in [3.8, 4) is 5.75 Å². The highest BCUT2D eigenvalue weighted by Crippen LogP contribution is 2.22. The number of likely N-dealkylation sites (N-methyl/N-ethyl adjacent to an activating group) is 1. The number of benzene rings is 1. The highest BCUT2D eigenvalue weighted by molar-refractivity contribution is 5.78. The van der Waals surface area contributed by atoms with E-state index in [9.17, 15) is 9.90 Å².